The number of rotatable bonds is 3. The van der Waals surface area contributed by atoms with Crippen molar-refractivity contribution in [3.8, 4) is 0 Å². The Labute approximate surface area is 86.7 Å². The number of Topliss-reactive ketones (excluding diaryl/α,β-unsaturated/α-hetero) is 1. The number of aryl methyl sites for hydroxylation is 1. The number of carbonyl (C=O) groups excluding carboxylic acids is 1. The molecule has 1 aromatic heterocycles. The van der Waals surface area contributed by atoms with Crippen LogP contribution in [-0.4, -0.2) is 26.6 Å². The first-order chi connectivity index (χ1) is 7.08. The number of aromatic nitrogens is 2. The number of carbonyl (C=O) groups is 2. The minimum atomic E-state index is -1.06. The summed E-state index contributed by atoms with van der Waals surface area (Å²) in [5, 5.41) is 13.3. The van der Waals surface area contributed by atoms with E-state index in [4.69, 9.17) is 5.11 Å². The fraction of sp³-hybridized carbons (Fsp3) is 0.500. The van der Waals surface area contributed by atoms with Gasteiger partial charge < -0.3 is 5.11 Å². The molecule has 1 fully saturated rings. The molecule has 0 bridgehead atoms. The molecule has 5 heteroatoms. The van der Waals surface area contributed by atoms with Crippen molar-refractivity contribution in [1.29, 1.82) is 0 Å². The molecule has 0 amide bonds. The van der Waals surface area contributed by atoms with Crippen LogP contribution >= 0.6 is 0 Å². The molecule has 0 atom stereocenters. The molecule has 5 nitrogen and oxygen atoms in total. The summed E-state index contributed by atoms with van der Waals surface area (Å²) in [6.45, 7) is 2.62. The largest absolute Gasteiger partial charge is 0.481 e. The normalized spacial score (nSPS) is 18.6. The minimum Gasteiger partial charge on any atom is -0.481 e. The first-order valence-electron chi connectivity index (χ1n) is 4.87. The molecule has 1 aliphatic carbocycles. The van der Waals surface area contributed by atoms with E-state index in [1.54, 1.807) is 16.9 Å². The fourth-order valence-electron chi connectivity index (χ4n) is 1.86. The van der Waals surface area contributed by atoms with Gasteiger partial charge in [0, 0.05) is 25.6 Å². The molecule has 0 spiro atoms. The molecule has 1 heterocycles. The van der Waals surface area contributed by atoms with Gasteiger partial charge in [0.05, 0.1) is 5.69 Å². The van der Waals surface area contributed by atoms with E-state index >= 15 is 0 Å². The second-order valence-electron chi connectivity index (χ2n) is 3.84. The zero-order chi connectivity index (χ0) is 11.1. The molecule has 0 aromatic carbocycles. The van der Waals surface area contributed by atoms with Crippen LogP contribution in [0, 0.1) is 0 Å². The van der Waals surface area contributed by atoms with Gasteiger partial charge in [-0.25, -0.2) is 0 Å². The third-order valence-electron chi connectivity index (χ3n) is 2.86. The summed E-state index contributed by atoms with van der Waals surface area (Å²) >= 11 is 0. The zero-order valence-corrected chi connectivity index (χ0v) is 8.43. The van der Waals surface area contributed by atoms with Crippen LogP contribution in [0.3, 0.4) is 0 Å². The average Bonchev–Trinajstić information content (AvgIpc) is 2.60. The highest BCUT2D eigenvalue weighted by Gasteiger charge is 2.53. The van der Waals surface area contributed by atoms with Gasteiger partial charge in [-0.3, -0.25) is 14.3 Å². The van der Waals surface area contributed by atoms with Gasteiger partial charge in [0.15, 0.2) is 0 Å². The second-order valence-corrected chi connectivity index (χ2v) is 3.84. The van der Waals surface area contributed by atoms with Crippen molar-refractivity contribution in [3.05, 3.63) is 18.0 Å². The van der Waals surface area contributed by atoms with Gasteiger partial charge in [-0.15, -0.1) is 0 Å². The van der Waals surface area contributed by atoms with E-state index in [9.17, 15) is 9.59 Å². The van der Waals surface area contributed by atoms with Crippen LogP contribution in [0.1, 0.15) is 25.5 Å². The SMILES string of the molecule is CCn1ccc(C2(C(=O)O)CC(=O)C2)n1. The van der Waals surface area contributed by atoms with Crippen molar-refractivity contribution in [3.63, 3.8) is 0 Å². The lowest BCUT2D eigenvalue weighted by atomic mass is 9.66. The monoisotopic (exact) mass is 208 g/mol. The third kappa shape index (κ3) is 1.35. The number of carboxylic acids is 1. The topological polar surface area (TPSA) is 72.2 Å². The van der Waals surface area contributed by atoms with E-state index in [1.807, 2.05) is 6.92 Å². The Bertz CT molecular complexity index is 414. The predicted octanol–water partition coefficient (Wildman–Crippen LogP) is 0.588. The first kappa shape index (κ1) is 9.89. The summed E-state index contributed by atoms with van der Waals surface area (Å²) in [6.07, 6.45) is 1.88. The van der Waals surface area contributed by atoms with E-state index in [2.05, 4.69) is 5.10 Å². The Hall–Kier alpha value is -1.65. The lowest BCUT2D eigenvalue weighted by molar-refractivity contribution is -0.153. The molecule has 0 saturated heterocycles. The maximum absolute atomic E-state index is 11.1. The van der Waals surface area contributed by atoms with Gasteiger partial charge in [0.2, 0.25) is 0 Å². The number of carboxylic acid groups (broad SMARTS) is 1. The molecule has 1 saturated carbocycles. The summed E-state index contributed by atoms with van der Waals surface area (Å²) in [6, 6.07) is 1.68. The van der Waals surface area contributed by atoms with E-state index < -0.39 is 11.4 Å². The number of hydrogen-bond acceptors (Lipinski definition) is 3. The number of hydrogen-bond donors (Lipinski definition) is 1. The van der Waals surface area contributed by atoms with Crippen molar-refractivity contribution in [2.24, 2.45) is 0 Å². The molecular weight excluding hydrogens is 196 g/mol. The van der Waals surface area contributed by atoms with Crippen LogP contribution in [-0.2, 0) is 21.5 Å². The predicted molar refractivity (Wildman–Crippen MR) is 51.5 cm³/mol. The van der Waals surface area contributed by atoms with E-state index in [-0.39, 0.29) is 18.6 Å². The molecule has 1 N–H and O–H groups in total. The Morgan fingerprint density at radius 1 is 1.67 bits per heavy atom. The maximum Gasteiger partial charge on any atom is 0.316 e. The fourth-order valence-corrected chi connectivity index (χ4v) is 1.86. The molecule has 80 valence electrons. The van der Waals surface area contributed by atoms with E-state index in [1.165, 1.54) is 0 Å². The van der Waals surface area contributed by atoms with Crippen molar-refractivity contribution < 1.29 is 14.7 Å². The standard InChI is InChI=1S/C10H12N2O3/c1-2-12-4-3-8(11-12)10(9(14)15)5-7(13)6-10/h3-4H,2,5-6H2,1H3,(H,14,15). The molecule has 0 aliphatic heterocycles. The lowest BCUT2D eigenvalue weighted by Crippen LogP contribution is -2.48. The van der Waals surface area contributed by atoms with Gasteiger partial charge in [0.1, 0.15) is 11.2 Å². The van der Waals surface area contributed by atoms with Crippen LogP contribution in [0.25, 0.3) is 0 Å². The van der Waals surface area contributed by atoms with Gasteiger partial charge in [-0.1, -0.05) is 0 Å². The molecule has 15 heavy (non-hydrogen) atoms. The van der Waals surface area contributed by atoms with Crippen molar-refractivity contribution in [2.45, 2.75) is 31.7 Å². The Morgan fingerprint density at radius 3 is 2.73 bits per heavy atom. The second kappa shape index (κ2) is 3.18. The quantitative estimate of drug-likeness (QED) is 0.789. The number of aliphatic carboxylic acids is 1. The third-order valence-corrected chi connectivity index (χ3v) is 2.86. The Balaban J connectivity index is 2.34. The lowest BCUT2D eigenvalue weighted by Gasteiger charge is -2.34. The van der Waals surface area contributed by atoms with E-state index in [0.717, 1.165) is 0 Å². The summed E-state index contributed by atoms with van der Waals surface area (Å²) in [7, 11) is 0. The molecule has 1 aromatic rings. The van der Waals surface area contributed by atoms with Crippen LogP contribution in [0.4, 0.5) is 0 Å². The first-order valence-corrected chi connectivity index (χ1v) is 4.87. The van der Waals surface area contributed by atoms with Crippen LogP contribution in [0.15, 0.2) is 12.3 Å². The highest BCUT2D eigenvalue weighted by molar-refractivity contribution is 6.01. The zero-order valence-electron chi connectivity index (χ0n) is 8.43. The highest BCUT2D eigenvalue weighted by Crippen LogP contribution is 2.40. The summed E-state index contributed by atoms with van der Waals surface area (Å²) < 4.78 is 1.67. The number of nitrogens with zero attached hydrogens (tertiary/aromatic N) is 2. The Kier molecular flexibility index (Phi) is 2.10. The van der Waals surface area contributed by atoms with Gasteiger partial charge in [-0.2, -0.15) is 5.10 Å². The molecule has 2 rings (SSSR count). The molecule has 1 aliphatic rings. The Morgan fingerprint density at radius 2 is 2.33 bits per heavy atom. The molecule has 0 radical (unpaired) electrons. The van der Waals surface area contributed by atoms with Gasteiger partial charge in [-0.05, 0) is 13.0 Å². The van der Waals surface area contributed by atoms with E-state index in [0.29, 0.717) is 12.2 Å². The highest BCUT2D eigenvalue weighted by atomic mass is 16.4. The molecule has 0 unspecified atom stereocenters. The van der Waals surface area contributed by atoms with Gasteiger partial charge in [0.25, 0.3) is 0 Å². The molecular formula is C10H12N2O3. The van der Waals surface area contributed by atoms with Crippen molar-refractivity contribution in [2.75, 3.05) is 0 Å². The maximum atomic E-state index is 11.1. The van der Waals surface area contributed by atoms with Crippen molar-refractivity contribution in [1.82, 2.24) is 9.78 Å². The summed E-state index contributed by atoms with van der Waals surface area (Å²) in [5.41, 5.74) is -0.561. The summed E-state index contributed by atoms with van der Waals surface area (Å²) in [5.74, 6) is -0.966. The van der Waals surface area contributed by atoms with Crippen LogP contribution in [0.5, 0.6) is 0 Å². The van der Waals surface area contributed by atoms with Crippen LogP contribution in [0.2, 0.25) is 0 Å². The van der Waals surface area contributed by atoms with Crippen LogP contribution < -0.4 is 0 Å². The van der Waals surface area contributed by atoms with Crippen molar-refractivity contribution >= 4 is 11.8 Å². The van der Waals surface area contributed by atoms with Gasteiger partial charge >= 0.3 is 5.97 Å². The summed E-state index contributed by atoms with van der Waals surface area (Å²) in [4.78, 5) is 22.1. The smallest absolute Gasteiger partial charge is 0.316 e. The number of ketones is 1. The average molecular weight is 208 g/mol. The minimum absolute atomic E-state index is 0.0107.